The summed E-state index contributed by atoms with van der Waals surface area (Å²) in [6.45, 7) is 3.54. The monoisotopic (exact) mass is 197 g/mol. The normalized spacial score (nSPS) is 10.5. The molecule has 3 heteroatoms. The Hall–Kier alpha value is -0.930. The van der Waals surface area contributed by atoms with Gasteiger partial charge in [0, 0.05) is 18.7 Å². The summed E-state index contributed by atoms with van der Waals surface area (Å²) in [5, 5.41) is 0. The lowest BCUT2D eigenvalue weighted by molar-refractivity contribution is 0.121. The van der Waals surface area contributed by atoms with Gasteiger partial charge in [0.25, 0.3) is 0 Å². The zero-order valence-electron chi connectivity index (χ0n) is 8.42. The summed E-state index contributed by atoms with van der Waals surface area (Å²) in [7, 11) is 0. The maximum absolute atomic E-state index is 13.0. The van der Waals surface area contributed by atoms with Crippen LogP contribution in [0.1, 0.15) is 24.5 Å². The van der Waals surface area contributed by atoms with E-state index in [-0.39, 0.29) is 12.4 Å². The van der Waals surface area contributed by atoms with Gasteiger partial charge in [-0.15, -0.1) is 0 Å². The minimum Gasteiger partial charge on any atom is -0.377 e. The van der Waals surface area contributed by atoms with Gasteiger partial charge in [-0.3, -0.25) is 0 Å². The van der Waals surface area contributed by atoms with Crippen LogP contribution in [0.15, 0.2) is 18.2 Å². The van der Waals surface area contributed by atoms with Crippen LogP contribution in [0, 0.1) is 5.82 Å². The van der Waals surface area contributed by atoms with Crippen molar-refractivity contribution in [3.63, 3.8) is 0 Å². The summed E-state index contributed by atoms with van der Waals surface area (Å²) in [6, 6.07) is 4.92. The van der Waals surface area contributed by atoms with E-state index >= 15 is 0 Å². The summed E-state index contributed by atoms with van der Waals surface area (Å²) in [4.78, 5) is 0. The lowest BCUT2D eigenvalue weighted by Crippen LogP contribution is -2.02. The number of benzene rings is 1. The van der Waals surface area contributed by atoms with E-state index in [1.165, 1.54) is 6.07 Å². The highest BCUT2D eigenvalue weighted by atomic mass is 19.1. The Morgan fingerprint density at radius 1 is 1.43 bits per heavy atom. The number of rotatable bonds is 5. The zero-order chi connectivity index (χ0) is 10.4. The van der Waals surface area contributed by atoms with Gasteiger partial charge in [0.15, 0.2) is 0 Å². The Labute approximate surface area is 83.9 Å². The quantitative estimate of drug-likeness (QED) is 0.734. The molecule has 0 spiro atoms. The Morgan fingerprint density at radius 3 is 2.86 bits per heavy atom. The smallest absolute Gasteiger partial charge is 0.127 e. The molecule has 0 atom stereocenters. The maximum Gasteiger partial charge on any atom is 0.127 e. The fourth-order valence-corrected chi connectivity index (χ4v) is 1.21. The predicted octanol–water partition coefficient (Wildman–Crippen LogP) is 2.21. The molecule has 1 rings (SSSR count). The van der Waals surface area contributed by atoms with Gasteiger partial charge in [-0.25, -0.2) is 4.39 Å². The molecule has 0 bridgehead atoms. The molecule has 14 heavy (non-hydrogen) atoms. The standard InChI is InChI=1S/C11H16FNO/c1-2-5-14-8-9-3-4-11(12)10(6-9)7-13/h3-4,6H,2,5,7-8,13H2,1H3. The van der Waals surface area contributed by atoms with Crippen LogP contribution < -0.4 is 5.73 Å². The van der Waals surface area contributed by atoms with Crippen molar-refractivity contribution >= 4 is 0 Å². The number of hydrogen-bond acceptors (Lipinski definition) is 2. The van der Waals surface area contributed by atoms with Crippen molar-refractivity contribution in [3.05, 3.63) is 35.1 Å². The highest BCUT2D eigenvalue weighted by Gasteiger charge is 2.01. The van der Waals surface area contributed by atoms with Crippen LogP contribution in [0.25, 0.3) is 0 Å². The molecule has 0 aliphatic rings. The summed E-state index contributed by atoms with van der Waals surface area (Å²) in [5.74, 6) is -0.244. The van der Waals surface area contributed by atoms with Crippen molar-refractivity contribution in [1.29, 1.82) is 0 Å². The Kier molecular flexibility index (Phi) is 4.56. The van der Waals surface area contributed by atoms with Crippen LogP contribution in [0.3, 0.4) is 0 Å². The lowest BCUT2D eigenvalue weighted by Gasteiger charge is -2.05. The highest BCUT2D eigenvalue weighted by molar-refractivity contribution is 5.24. The molecule has 0 aromatic heterocycles. The van der Waals surface area contributed by atoms with Gasteiger partial charge in [0.2, 0.25) is 0 Å². The molecule has 0 unspecified atom stereocenters. The van der Waals surface area contributed by atoms with Gasteiger partial charge in [-0.05, 0) is 24.1 Å². The molecule has 0 aliphatic heterocycles. The second-order valence-electron chi connectivity index (χ2n) is 3.18. The summed E-state index contributed by atoms with van der Waals surface area (Å²) in [6.07, 6.45) is 0.991. The molecule has 0 amide bonds. The van der Waals surface area contributed by atoms with Crippen molar-refractivity contribution < 1.29 is 9.13 Å². The number of nitrogens with two attached hydrogens (primary N) is 1. The average molecular weight is 197 g/mol. The first-order valence-corrected chi connectivity index (χ1v) is 4.83. The fraction of sp³-hybridized carbons (Fsp3) is 0.455. The van der Waals surface area contributed by atoms with Crippen molar-refractivity contribution in [2.45, 2.75) is 26.5 Å². The van der Waals surface area contributed by atoms with Crippen LogP contribution in [0.5, 0.6) is 0 Å². The van der Waals surface area contributed by atoms with Gasteiger partial charge in [0.05, 0.1) is 6.61 Å². The topological polar surface area (TPSA) is 35.2 Å². The van der Waals surface area contributed by atoms with Gasteiger partial charge in [-0.1, -0.05) is 13.0 Å². The first-order valence-electron chi connectivity index (χ1n) is 4.83. The summed E-state index contributed by atoms with van der Waals surface area (Å²) < 4.78 is 18.4. The van der Waals surface area contributed by atoms with Gasteiger partial charge < -0.3 is 10.5 Å². The van der Waals surface area contributed by atoms with E-state index in [1.54, 1.807) is 12.1 Å². The third-order valence-corrected chi connectivity index (χ3v) is 1.95. The fourth-order valence-electron chi connectivity index (χ4n) is 1.21. The van der Waals surface area contributed by atoms with Gasteiger partial charge in [-0.2, -0.15) is 0 Å². The van der Waals surface area contributed by atoms with Crippen LogP contribution in [-0.2, 0) is 17.9 Å². The predicted molar refractivity (Wildman–Crippen MR) is 54.2 cm³/mol. The second kappa shape index (κ2) is 5.73. The molecule has 0 aliphatic carbocycles. The van der Waals surface area contributed by atoms with Gasteiger partial charge in [0.1, 0.15) is 5.82 Å². The van der Waals surface area contributed by atoms with Crippen molar-refractivity contribution in [3.8, 4) is 0 Å². The minimum absolute atomic E-state index is 0.230. The SMILES string of the molecule is CCCOCc1ccc(F)c(CN)c1. The van der Waals surface area contributed by atoms with Crippen LogP contribution >= 0.6 is 0 Å². The number of halogens is 1. The van der Waals surface area contributed by atoms with Crippen molar-refractivity contribution in [2.24, 2.45) is 5.73 Å². The Balaban J connectivity index is 2.60. The van der Waals surface area contributed by atoms with E-state index in [0.717, 1.165) is 18.6 Å². The van der Waals surface area contributed by atoms with E-state index < -0.39 is 0 Å². The van der Waals surface area contributed by atoms with Crippen molar-refractivity contribution in [2.75, 3.05) is 6.61 Å². The molecule has 2 nitrogen and oxygen atoms in total. The third kappa shape index (κ3) is 3.09. The molecular formula is C11H16FNO. The first kappa shape index (κ1) is 11.1. The molecule has 0 radical (unpaired) electrons. The minimum atomic E-state index is -0.244. The average Bonchev–Trinajstić information content (AvgIpc) is 2.21. The molecule has 0 fully saturated rings. The molecule has 0 heterocycles. The molecule has 78 valence electrons. The molecule has 0 saturated heterocycles. The first-order chi connectivity index (χ1) is 6.77. The van der Waals surface area contributed by atoms with E-state index in [4.69, 9.17) is 10.5 Å². The number of ether oxygens (including phenoxy) is 1. The molecule has 1 aromatic carbocycles. The van der Waals surface area contributed by atoms with E-state index in [2.05, 4.69) is 6.92 Å². The maximum atomic E-state index is 13.0. The van der Waals surface area contributed by atoms with Crippen LogP contribution in [0.2, 0.25) is 0 Å². The largest absolute Gasteiger partial charge is 0.377 e. The van der Waals surface area contributed by atoms with Crippen LogP contribution in [0.4, 0.5) is 4.39 Å². The van der Waals surface area contributed by atoms with Crippen molar-refractivity contribution in [1.82, 2.24) is 0 Å². The van der Waals surface area contributed by atoms with Crippen LogP contribution in [-0.4, -0.2) is 6.61 Å². The highest BCUT2D eigenvalue weighted by Crippen LogP contribution is 2.10. The molecular weight excluding hydrogens is 181 g/mol. The Morgan fingerprint density at radius 2 is 2.21 bits per heavy atom. The molecule has 1 aromatic rings. The summed E-state index contributed by atoms with van der Waals surface area (Å²) in [5.41, 5.74) is 6.91. The van der Waals surface area contributed by atoms with Gasteiger partial charge >= 0.3 is 0 Å². The number of hydrogen-bond donors (Lipinski definition) is 1. The van der Waals surface area contributed by atoms with E-state index in [0.29, 0.717) is 12.2 Å². The third-order valence-electron chi connectivity index (χ3n) is 1.95. The van der Waals surface area contributed by atoms with E-state index in [9.17, 15) is 4.39 Å². The Bertz CT molecular complexity index is 289. The molecule has 0 saturated carbocycles. The van der Waals surface area contributed by atoms with E-state index in [1.807, 2.05) is 0 Å². The lowest BCUT2D eigenvalue weighted by atomic mass is 10.1. The molecule has 2 N–H and O–H groups in total. The second-order valence-corrected chi connectivity index (χ2v) is 3.18. The zero-order valence-corrected chi connectivity index (χ0v) is 8.42. The summed E-state index contributed by atoms with van der Waals surface area (Å²) >= 11 is 0.